The fourth-order valence-electron chi connectivity index (χ4n) is 1.89. The van der Waals surface area contributed by atoms with Gasteiger partial charge in [-0.25, -0.2) is 4.39 Å². The van der Waals surface area contributed by atoms with Crippen molar-refractivity contribution in [2.24, 2.45) is 0 Å². The molecule has 4 nitrogen and oxygen atoms in total. The van der Waals surface area contributed by atoms with E-state index in [1.54, 1.807) is 12.1 Å². The standard InChI is InChI=1S/C14H9BrClFN4/c15-11-5-2-1-4-9(11)14-18-20-21(19-14)8-10-12(16)6-3-7-13(10)17/h1-7H,8H2. The molecule has 0 bridgehead atoms. The molecule has 106 valence electrons. The summed E-state index contributed by atoms with van der Waals surface area (Å²) in [5.41, 5.74) is 1.17. The molecule has 21 heavy (non-hydrogen) atoms. The molecule has 0 amide bonds. The van der Waals surface area contributed by atoms with Gasteiger partial charge in [0.15, 0.2) is 0 Å². The van der Waals surface area contributed by atoms with Crippen LogP contribution in [0.5, 0.6) is 0 Å². The van der Waals surface area contributed by atoms with Crippen LogP contribution in [0.2, 0.25) is 5.02 Å². The van der Waals surface area contributed by atoms with E-state index in [1.807, 2.05) is 24.3 Å². The highest BCUT2D eigenvalue weighted by molar-refractivity contribution is 9.10. The van der Waals surface area contributed by atoms with Crippen LogP contribution < -0.4 is 0 Å². The zero-order chi connectivity index (χ0) is 14.8. The molecule has 0 aliphatic carbocycles. The summed E-state index contributed by atoms with van der Waals surface area (Å²) in [5.74, 6) is 0.0807. The summed E-state index contributed by atoms with van der Waals surface area (Å²) in [6.45, 7) is 0.128. The van der Waals surface area contributed by atoms with Gasteiger partial charge in [-0.05, 0) is 29.5 Å². The smallest absolute Gasteiger partial charge is 0.206 e. The van der Waals surface area contributed by atoms with Gasteiger partial charge in [0, 0.05) is 20.6 Å². The highest BCUT2D eigenvalue weighted by atomic mass is 79.9. The Hall–Kier alpha value is -1.79. The number of hydrogen-bond donors (Lipinski definition) is 0. The number of rotatable bonds is 3. The third kappa shape index (κ3) is 2.96. The predicted molar refractivity (Wildman–Crippen MR) is 81.5 cm³/mol. The molecule has 0 unspecified atom stereocenters. The number of nitrogens with zero attached hydrogens (tertiary/aromatic N) is 4. The van der Waals surface area contributed by atoms with Crippen molar-refractivity contribution in [3.63, 3.8) is 0 Å². The monoisotopic (exact) mass is 366 g/mol. The molecular formula is C14H9BrClFN4. The van der Waals surface area contributed by atoms with Crippen molar-refractivity contribution in [1.82, 2.24) is 20.2 Å². The van der Waals surface area contributed by atoms with Crippen LogP contribution in [0.15, 0.2) is 46.9 Å². The lowest BCUT2D eigenvalue weighted by atomic mass is 10.2. The molecule has 2 aromatic carbocycles. The second kappa shape index (κ2) is 5.91. The van der Waals surface area contributed by atoms with Gasteiger partial charge in [0.2, 0.25) is 5.82 Å². The molecule has 0 N–H and O–H groups in total. The minimum atomic E-state index is -0.387. The van der Waals surface area contributed by atoms with Crippen molar-refractivity contribution in [3.05, 3.63) is 63.3 Å². The molecule has 7 heteroatoms. The minimum absolute atomic E-state index is 0.128. The van der Waals surface area contributed by atoms with Crippen LogP contribution in [0.25, 0.3) is 11.4 Å². The molecule has 3 aromatic rings. The summed E-state index contributed by atoms with van der Waals surface area (Å²) >= 11 is 9.43. The van der Waals surface area contributed by atoms with Gasteiger partial charge in [0.25, 0.3) is 0 Å². The largest absolute Gasteiger partial charge is 0.207 e. The minimum Gasteiger partial charge on any atom is -0.207 e. The SMILES string of the molecule is Fc1cccc(Cl)c1Cn1nnc(-c2ccccc2Br)n1. The van der Waals surface area contributed by atoms with Crippen LogP contribution in [0.1, 0.15) is 5.56 Å². The summed E-state index contributed by atoms with van der Waals surface area (Å²) in [4.78, 5) is 1.32. The molecule has 0 spiro atoms. The van der Waals surface area contributed by atoms with Crippen molar-refractivity contribution in [1.29, 1.82) is 0 Å². The maximum atomic E-state index is 13.7. The molecule has 0 radical (unpaired) electrons. The molecule has 1 heterocycles. The van der Waals surface area contributed by atoms with Crippen LogP contribution in [0.4, 0.5) is 4.39 Å². The first-order valence-electron chi connectivity index (χ1n) is 6.11. The molecule has 1 aromatic heterocycles. The van der Waals surface area contributed by atoms with Gasteiger partial charge < -0.3 is 0 Å². The van der Waals surface area contributed by atoms with E-state index in [1.165, 1.54) is 10.9 Å². The molecule has 0 aliphatic heterocycles. The van der Waals surface area contributed by atoms with Gasteiger partial charge in [-0.2, -0.15) is 4.80 Å². The maximum Gasteiger partial charge on any atom is 0.206 e. The number of hydrogen-bond acceptors (Lipinski definition) is 3. The van der Waals surface area contributed by atoms with Crippen LogP contribution in [-0.2, 0) is 6.54 Å². The Kier molecular flexibility index (Phi) is 3.98. The summed E-state index contributed by atoms with van der Waals surface area (Å²) in [6.07, 6.45) is 0. The zero-order valence-corrected chi connectivity index (χ0v) is 13.0. The quantitative estimate of drug-likeness (QED) is 0.704. The van der Waals surface area contributed by atoms with Gasteiger partial charge in [-0.15, -0.1) is 10.2 Å². The van der Waals surface area contributed by atoms with Crippen molar-refractivity contribution < 1.29 is 4.39 Å². The Balaban J connectivity index is 1.91. The molecule has 0 atom stereocenters. The second-order valence-corrected chi connectivity index (χ2v) is 5.59. The maximum absolute atomic E-state index is 13.7. The fraction of sp³-hybridized carbons (Fsp3) is 0.0714. The Morgan fingerprint density at radius 2 is 1.95 bits per heavy atom. The molecule has 0 fully saturated rings. The fourth-order valence-corrected chi connectivity index (χ4v) is 2.57. The topological polar surface area (TPSA) is 43.6 Å². The van der Waals surface area contributed by atoms with Gasteiger partial charge in [-0.1, -0.05) is 45.7 Å². The molecular weight excluding hydrogens is 359 g/mol. The molecule has 0 saturated heterocycles. The van der Waals surface area contributed by atoms with Crippen molar-refractivity contribution in [3.8, 4) is 11.4 Å². The van der Waals surface area contributed by atoms with E-state index < -0.39 is 0 Å². The first-order valence-corrected chi connectivity index (χ1v) is 7.28. The first-order chi connectivity index (χ1) is 10.1. The Bertz CT molecular complexity index is 770. The predicted octanol–water partition coefficient (Wildman–Crippen LogP) is 3.94. The Morgan fingerprint density at radius 3 is 2.71 bits per heavy atom. The molecule has 3 rings (SSSR count). The van der Waals surface area contributed by atoms with Crippen molar-refractivity contribution in [2.45, 2.75) is 6.54 Å². The van der Waals surface area contributed by atoms with Gasteiger partial charge in [0.1, 0.15) is 5.82 Å². The number of tetrazole rings is 1. The van der Waals surface area contributed by atoms with Gasteiger partial charge in [0.05, 0.1) is 6.54 Å². The van der Waals surface area contributed by atoms with Crippen LogP contribution >= 0.6 is 27.5 Å². The number of halogens is 3. The van der Waals surface area contributed by atoms with Crippen molar-refractivity contribution in [2.75, 3.05) is 0 Å². The van der Waals surface area contributed by atoms with E-state index in [9.17, 15) is 4.39 Å². The Labute approximate surface area is 133 Å². The molecule has 0 aliphatic rings. The van der Waals surface area contributed by atoms with E-state index in [0.717, 1.165) is 10.0 Å². The lowest BCUT2D eigenvalue weighted by Gasteiger charge is -2.04. The first kappa shape index (κ1) is 14.2. The molecule has 0 saturated carbocycles. The highest BCUT2D eigenvalue weighted by Gasteiger charge is 2.12. The van der Waals surface area contributed by atoms with E-state index in [2.05, 4.69) is 31.3 Å². The summed E-state index contributed by atoms with van der Waals surface area (Å²) in [6, 6.07) is 12.1. The average molecular weight is 368 g/mol. The van der Waals surface area contributed by atoms with Gasteiger partial charge in [-0.3, -0.25) is 0 Å². The van der Waals surface area contributed by atoms with E-state index in [0.29, 0.717) is 16.4 Å². The zero-order valence-electron chi connectivity index (χ0n) is 10.7. The number of aromatic nitrogens is 4. The average Bonchev–Trinajstić information content (AvgIpc) is 2.92. The van der Waals surface area contributed by atoms with Crippen LogP contribution in [-0.4, -0.2) is 20.2 Å². The van der Waals surface area contributed by atoms with E-state index in [-0.39, 0.29) is 12.4 Å². The third-order valence-electron chi connectivity index (χ3n) is 2.93. The van der Waals surface area contributed by atoms with E-state index >= 15 is 0 Å². The summed E-state index contributed by atoms with van der Waals surface area (Å²) < 4.78 is 14.6. The Morgan fingerprint density at radius 1 is 1.14 bits per heavy atom. The van der Waals surface area contributed by atoms with Gasteiger partial charge >= 0.3 is 0 Å². The van der Waals surface area contributed by atoms with Crippen LogP contribution in [0.3, 0.4) is 0 Å². The van der Waals surface area contributed by atoms with Crippen LogP contribution in [0, 0.1) is 5.82 Å². The number of benzene rings is 2. The normalized spacial score (nSPS) is 10.8. The lowest BCUT2D eigenvalue weighted by Crippen LogP contribution is -2.06. The van der Waals surface area contributed by atoms with Crippen molar-refractivity contribution >= 4 is 27.5 Å². The lowest BCUT2D eigenvalue weighted by molar-refractivity contribution is 0.539. The van der Waals surface area contributed by atoms with E-state index in [4.69, 9.17) is 11.6 Å². The highest BCUT2D eigenvalue weighted by Crippen LogP contribution is 2.25. The third-order valence-corrected chi connectivity index (χ3v) is 3.97. The second-order valence-electron chi connectivity index (χ2n) is 4.32. The summed E-state index contributed by atoms with van der Waals surface area (Å²) in [5, 5.41) is 12.5. The summed E-state index contributed by atoms with van der Waals surface area (Å²) in [7, 11) is 0.